The Morgan fingerprint density at radius 2 is 2.17 bits per heavy atom. The average Bonchev–Trinajstić information content (AvgIpc) is 2.90. The number of nitrogens with zero attached hydrogens (tertiary/aromatic N) is 2. The molecule has 0 radical (unpaired) electrons. The number of hydrogen-bond donors (Lipinski definition) is 0. The average molecular weight is 269 g/mol. The van der Waals surface area contributed by atoms with Crippen LogP contribution in [0, 0.1) is 5.92 Å². The van der Waals surface area contributed by atoms with Gasteiger partial charge in [-0.2, -0.15) is 0 Å². The van der Waals surface area contributed by atoms with Crippen molar-refractivity contribution in [2.45, 2.75) is 50.3 Å². The van der Waals surface area contributed by atoms with Gasteiger partial charge in [-0.1, -0.05) is 25.7 Å². The first-order valence-corrected chi connectivity index (χ1v) is 7.20. The van der Waals surface area contributed by atoms with Crippen LogP contribution in [-0.2, 0) is 6.42 Å². The number of alkyl halides is 1. The molecule has 18 heavy (non-hydrogen) atoms. The van der Waals surface area contributed by atoms with Crippen molar-refractivity contribution in [1.29, 1.82) is 0 Å². The Bertz CT molecular complexity index is 367. The Balaban J connectivity index is 1.76. The minimum atomic E-state index is 0.171. The van der Waals surface area contributed by atoms with Crippen molar-refractivity contribution in [2.75, 3.05) is 7.11 Å². The van der Waals surface area contributed by atoms with Gasteiger partial charge in [0.1, 0.15) is 6.33 Å². The van der Waals surface area contributed by atoms with Gasteiger partial charge in [0.2, 0.25) is 5.88 Å². The molecule has 1 fully saturated rings. The van der Waals surface area contributed by atoms with Crippen LogP contribution in [0.4, 0.5) is 0 Å². The van der Waals surface area contributed by atoms with Gasteiger partial charge in [0, 0.05) is 23.6 Å². The summed E-state index contributed by atoms with van der Waals surface area (Å²) in [6.45, 7) is 0. The summed E-state index contributed by atoms with van der Waals surface area (Å²) in [5.41, 5.74) is 0.966. The summed E-state index contributed by atoms with van der Waals surface area (Å²) in [5, 5.41) is 0.171. The first-order valence-electron chi connectivity index (χ1n) is 6.77. The first-order chi connectivity index (χ1) is 8.78. The van der Waals surface area contributed by atoms with Crippen LogP contribution in [0.2, 0.25) is 0 Å². The molecular formula is C14H21ClN2O. The van der Waals surface area contributed by atoms with Gasteiger partial charge in [-0.25, -0.2) is 9.97 Å². The molecule has 0 aromatic carbocycles. The summed E-state index contributed by atoms with van der Waals surface area (Å²) in [6.07, 6.45) is 10.3. The van der Waals surface area contributed by atoms with Crippen molar-refractivity contribution in [3.8, 4) is 5.88 Å². The molecule has 1 aliphatic rings. The molecule has 1 aromatic rings. The largest absolute Gasteiger partial charge is 0.481 e. The Hall–Kier alpha value is -0.830. The summed E-state index contributed by atoms with van der Waals surface area (Å²) in [4.78, 5) is 8.23. The molecule has 1 saturated carbocycles. The van der Waals surface area contributed by atoms with E-state index in [-0.39, 0.29) is 5.38 Å². The van der Waals surface area contributed by atoms with Gasteiger partial charge in [0.15, 0.2) is 0 Å². The third-order valence-electron chi connectivity index (χ3n) is 3.70. The van der Waals surface area contributed by atoms with E-state index in [2.05, 4.69) is 9.97 Å². The third kappa shape index (κ3) is 4.13. The zero-order chi connectivity index (χ0) is 12.8. The van der Waals surface area contributed by atoms with Gasteiger partial charge < -0.3 is 4.74 Å². The maximum atomic E-state index is 6.39. The van der Waals surface area contributed by atoms with Crippen LogP contribution in [0.25, 0.3) is 0 Å². The van der Waals surface area contributed by atoms with E-state index < -0.39 is 0 Å². The lowest BCUT2D eigenvalue weighted by Crippen LogP contribution is -2.08. The molecule has 0 aliphatic heterocycles. The normalized spacial score (nSPS) is 17.9. The zero-order valence-electron chi connectivity index (χ0n) is 10.9. The molecule has 0 spiro atoms. The van der Waals surface area contributed by atoms with Gasteiger partial charge in [-0.05, 0) is 18.8 Å². The van der Waals surface area contributed by atoms with E-state index in [9.17, 15) is 0 Å². The second-order valence-electron chi connectivity index (χ2n) is 5.08. The lowest BCUT2D eigenvalue weighted by atomic mass is 9.99. The highest BCUT2D eigenvalue weighted by Gasteiger charge is 2.17. The van der Waals surface area contributed by atoms with E-state index in [4.69, 9.17) is 16.3 Å². The third-order valence-corrected chi connectivity index (χ3v) is 4.07. The number of halogens is 1. The lowest BCUT2D eigenvalue weighted by molar-refractivity contribution is 0.395. The summed E-state index contributed by atoms with van der Waals surface area (Å²) >= 11 is 6.39. The van der Waals surface area contributed by atoms with E-state index in [1.54, 1.807) is 7.11 Å². The number of rotatable bonds is 6. The van der Waals surface area contributed by atoms with Crippen LogP contribution >= 0.6 is 11.6 Å². The van der Waals surface area contributed by atoms with Crippen molar-refractivity contribution >= 4 is 11.6 Å². The highest BCUT2D eigenvalue weighted by Crippen LogP contribution is 2.30. The molecule has 1 aliphatic carbocycles. The fourth-order valence-electron chi connectivity index (χ4n) is 2.64. The maximum Gasteiger partial charge on any atom is 0.216 e. The minimum absolute atomic E-state index is 0.171. The molecule has 100 valence electrons. The van der Waals surface area contributed by atoms with E-state index >= 15 is 0 Å². The Morgan fingerprint density at radius 1 is 1.39 bits per heavy atom. The molecule has 2 rings (SSSR count). The molecule has 3 nitrogen and oxygen atoms in total. The molecule has 0 saturated heterocycles. The SMILES string of the molecule is COc1cc(CC(Cl)CCC2CCCC2)ncn1. The molecule has 1 unspecified atom stereocenters. The van der Waals surface area contributed by atoms with Crippen molar-refractivity contribution in [1.82, 2.24) is 9.97 Å². The fourth-order valence-corrected chi connectivity index (χ4v) is 2.93. The standard InChI is InChI=1S/C14H21ClN2O/c1-18-14-9-13(16-10-17-14)8-12(15)7-6-11-4-2-3-5-11/h9-12H,2-8H2,1H3. The minimum Gasteiger partial charge on any atom is -0.481 e. The second-order valence-corrected chi connectivity index (χ2v) is 5.70. The molecular weight excluding hydrogens is 248 g/mol. The molecule has 4 heteroatoms. The van der Waals surface area contributed by atoms with Gasteiger partial charge in [0.25, 0.3) is 0 Å². The zero-order valence-corrected chi connectivity index (χ0v) is 11.7. The summed E-state index contributed by atoms with van der Waals surface area (Å²) < 4.78 is 5.08. The fraction of sp³-hybridized carbons (Fsp3) is 0.714. The van der Waals surface area contributed by atoms with E-state index in [1.807, 2.05) is 6.07 Å². The quantitative estimate of drug-likeness (QED) is 0.740. The number of ether oxygens (including phenoxy) is 1. The van der Waals surface area contributed by atoms with Crippen molar-refractivity contribution in [3.05, 3.63) is 18.1 Å². The maximum absolute atomic E-state index is 6.39. The Labute approximate surface area is 114 Å². The van der Waals surface area contributed by atoms with Crippen LogP contribution in [0.15, 0.2) is 12.4 Å². The Morgan fingerprint density at radius 3 is 2.89 bits per heavy atom. The molecule has 0 N–H and O–H groups in total. The summed E-state index contributed by atoms with van der Waals surface area (Å²) in [6, 6.07) is 1.87. The predicted octanol–water partition coefficient (Wildman–Crippen LogP) is 3.61. The van der Waals surface area contributed by atoms with Crippen LogP contribution < -0.4 is 4.74 Å². The summed E-state index contributed by atoms with van der Waals surface area (Å²) in [5.74, 6) is 1.52. The summed E-state index contributed by atoms with van der Waals surface area (Å²) in [7, 11) is 1.62. The van der Waals surface area contributed by atoms with E-state index in [1.165, 1.54) is 38.4 Å². The first kappa shape index (κ1) is 13.6. The van der Waals surface area contributed by atoms with Crippen LogP contribution in [0.5, 0.6) is 5.88 Å². The van der Waals surface area contributed by atoms with Crippen molar-refractivity contribution in [3.63, 3.8) is 0 Å². The van der Waals surface area contributed by atoms with Crippen LogP contribution in [0.3, 0.4) is 0 Å². The highest BCUT2D eigenvalue weighted by atomic mass is 35.5. The molecule has 0 bridgehead atoms. The van der Waals surface area contributed by atoms with Crippen molar-refractivity contribution < 1.29 is 4.74 Å². The molecule has 0 amide bonds. The number of aromatic nitrogens is 2. The Kier molecular flexibility index (Phi) is 5.24. The predicted molar refractivity (Wildman–Crippen MR) is 73.1 cm³/mol. The molecule has 1 atom stereocenters. The van der Waals surface area contributed by atoms with Gasteiger partial charge in [-0.3, -0.25) is 0 Å². The number of hydrogen-bond acceptors (Lipinski definition) is 3. The van der Waals surface area contributed by atoms with E-state index in [0.717, 1.165) is 24.5 Å². The number of methoxy groups -OCH3 is 1. The topological polar surface area (TPSA) is 35.0 Å². The van der Waals surface area contributed by atoms with Crippen LogP contribution in [-0.4, -0.2) is 22.5 Å². The smallest absolute Gasteiger partial charge is 0.216 e. The van der Waals surface area contributed by atoms with Crippen LogP contribution in [0.1, 0.15) is 44.2 Å². The lowest BCUT2D eigenvalue weighted by Gasteiger charge is -2.12. The van der Waals surface area contributed by atoms with Gasteiger partial charge >= 0.3 is 0 Å². The second kappa shape index (κ2) is 6.93. The van der Waals surface area contributed by atoms with Gasteiger partial charge in [-0.15, -0.1) is 11.6 Å². The monoisotopic (exact) mass is 268 g/mol. The molecule has 1 aromatic heterocycles. The molecule has 1 heterocycles. The van der Waals surface area contributed by atoms with Crippen molar-refractivity contribution in [2.24, 2.45) is 5.92 Å². The highest BCUT2D eigenvalue weighted by molar-refractivity contribution is 6.20. The van der Waals surface area contributed by atoms with Gasteiger partial charge in [0.05, 0.1) is 7.11 Å². The van der Waals surface area contributed by atoms with E-state index in [0.29, 0.717) is 5.88 Å².